The van der Waals surface area contributed by atoms with Crippen molar-refractivity contribution < 1.29 is 14.3 Å². The smallest absolute Gasteiger partial charge is 0.283 e. The predicted molar refractivity (Wildman–Crippen MR) is 103 cm³/mol. The van der Waals surface area contributed by atoms with Crippen LogP contribution in [0, 0.1) is 0 Å². The molecule has 0 spiro atoms. The van der Waals surface area contributed by atoms with E-state index >= 15 is 0 Å². The second-order valence-corrected chi connectivity index (χ2v) is 6.51. The van der Waals surface area contributed by atoms with Crippen LogP contribution >= 0.6 is 34.8 Å². The van der Waals surface area contributed by atoms with E-state index in [0.29, 0.717) is 33.8 Å². The molecule has 2 amide bonds. The lowest BCUT2D eigenvalue weighted by Crippen LogP contribution is -2.32. The van der Waals surface area contributed by atoms with Crippen molar-refractivity contribution in [3.05, 3.63) is 63.2 Å². The Morgan fingerprint density at radius 3 is 2.27 bits per heavy atom. The van der Waals surface area contributed by atoms with Crippen molar-refractivity contribution in [1.29, 1.82) is 0 Å². The average molecular weight is 412 g/mol. The van der Waals surface area contributed by atoms with Crippen molar-refractivity contribution >= 4 is 58.0 Å². The van der Waals surface area contributed by atoms with Gasteiger partial charge in [-0.15, -0.1) is 0 Å². The first-order valence-electron chi connectivity index (χ1n) is 7.66. The number of benzene rings is 2. The van der Waals surface area contributed by atoms with Crippen LogP contribution in [0.15, 0.2) is 53.2 Å². The zero-order chi connectivity index (χ0) is 18.8. The van der Waals surface area contributed by atoms with Gasteiger partial charge in [-0.1, -0.05) is 34.8 Å². The maximum absolute atomic E-state index is 12.7. The Morgan fingerprint density at radius 1 is 0.962 bits per heavy atom. The molecule has 3 rings (SSSR count). The molecule has 0 unspecified atom stereocenters. The minimum Gasteiger partial charge on any atom is -0.494 e. The number of amides is 2. The molecule has 0 aliphatic carbocycles. The lowest BCUT2D eigenvalue weighted by molar-refractivity contribution is -0.120. The van der Waals surface area contributed by atoms with Crippen molar-refractivity contribution in [3.63, 3.8) is 0 Å². The van der Waals surface area contributed by atoms with Crippen LogP contribution in [0.3, 0.4) is 0 Å². The molecule has 26 heavy (non-hydrogen) atoms. The third kappa shape index (κ3) is 3.51. The van der Waals surface area contributed by atoms with E-state index in [2.05, 4.69) is 5.32 Å². The molecule has 0 fully saturated rings. The summed E-state index contributed by atoms with van der Waals surface area (Å²) >= 11 is 17.9. The Morgan fingerprint density at radius 2 is 1.65 bits per heavy atom. The second-order valence-electron chi connectivity index (χ2n) is 5.32. The molecule has 1 aliphatic rings. The van der Waals surface area contributed by atoms with Gasteiger partial charge in [-0.25, -0.2) is 4.90 Å². The number of hydrogen-bond acceptors (Lipinski definition) is 4. The van der Waals surface area contributed by atoms with Crippen LogP contribution < -0.4 is 15.0 Å². The molecular weight excluding hydrogens is 399 g/mol. The molecule has 1 N–H and O–H groups in total. The quantitative estimate of drug-likeness (QED) is 0.716. The van der Waals surface area contributed by atoms with Gasteiger partial charge in [-0.2, -0.15) is 0 Å². The highest BCUT2D eigenvalue weighted by atomic mass is 35.5. The van der Waals surface area contributed by atoms with Crippen molar-refractivity contribution in [2.45, 2.75) is 6.92 Å². The summed E-state index contributed by atoms with van der Waals surface area (Å²) in [6.45, 7) is 2.39. The molecule has 2 aromatic carbocycles. The highest BCUT2D eigenvalue weighted by molar-refractivity contribution is 6.53. The summed E-state index contributed by atoms with van der Waals surface area (Å²) in [6, 6.07) is 11.3. The van der Waals surface area contributed by atoms with Crippen molar-refractivity contribution in [2.24, 2.45) is 0 Å². The summed E-state index contributed by atoms with van der Waals surface area (Å²) in [5.41, 5.74) is 0.860. The molecule has 0 bridgehead atoms. The fourth-order valence-corrected chi connectivity index (χ4v) is 2.93. The molecule has 1 heterocycles. The lowest BCUT2D eigenvalue weighted by atomic mass is 10.2. The summed E-state index contributed by atoms with van der Waals surface area (Å²) in [6.07, 6.45) is 0. The summed E-state index contributed by atoms with van der Waals surface area (Å²) < 4.78 is 5.36. The molecule has 0 radical (unpaired) electrons. The normalized spacial score (nSPS) is 14.2. The molecular formula is C18H13Cl3N2O3. The minimum atomic E-state index is -0.608. The van der Waals surface area contributed by atoms with E-state index in [0.717, 1.165) is 4.90 Å². The van der Waals surface area contributed by atoms with Gasteiger partial charge in [0.2, 0.25) is 0 Å². The van der Waals surface area contributed by atoms with Gasteiger partial charge in [0.25, 0.3) is 11.8 Å². The Hall–Kier alpha value is -2.21. The van der Waals surface area contributed by atoms with E-state index in [1.807, 2.05) is 6.92 Å². The fraction of sp³-hybridized carbons (Fsp3) is 0.111. The van der Waals surface area contributed by atoms with E-state index in [4.69, 9.17) is 39.5 Å². The number of hydrogen-bond donors (Lipinski definition) is 1. The zero-order valence-corrected chi connectivity index (χ0v) is 15.8. The summed E-state index contributed by atoms with van der Waals surface area (Å²) in [5.74, 6) is -0.526. The highest BCUT2D eigenvalue weighted by Gasteiger charge is 2.39. The Labute approximate surface area is 165 Å². The largest absolute Gasteiger partial charge is 0.494 e. The molecule has 134 valence electrons. The third-order valence-electron chi connectivity index (χ3n) is 3.62. The lowest BCUT2D eigenvalue weighted by Gasteiger charge is -2.15. The maximum atomic E-state index is 12.7. The minimum absolute atomic E-state index is 0.0241. The average Bonchev–Trinajstić information content (AvgIpc) is 2.83. The summed E-state index contributed by atoms with van der Waals surface area (Å²) in [7, 11) is 0. The molecule has 0 aromatic heterocycles. The first-order valence-corrected chi connectivity index (χ1v) is 8.79. The van der Waals surface area contributed by atoms with Gasteiger partial charge in [0.15, 0.2) is 0 Å². The summed E-state index contributed by atoms with van der Waals surface area (Å²) in [4.78, 5) is 26.1. The number of nitrogens with zero attached hydrogens (tertiary/aromatic N) is 1. The zero-order valence-electron chi connectivity index (χ0n) is 13.6. The van der Waals surface area contributed by atoms with E-state index in [9.17, 15) is 9.59 Å². The number of rotatable bonds is 5. The van der Waals surface area contributed by atoms with Gasteiger partial charge in [-0.05, 0) is 49.4 Å². The van der Waals surface area contributed by atoms with Crippen LogP contribution in [-0.4, -0.2) is 18.4 Å². The fourth-order valence-electron chi connectivity index (χ4n) is 2.42. The van der Waals surface area contributed by atoms with Gasteiger partial charge in [0.1, 0.15) is 16.5 Å². The monoisotopic (exact) mass is 410 g/mol. The third-order valence-corrected chi connectivity index (χ3v) is 4.71. The van der Waals surface area contributed by atoms with Gasteiger partial charge in [0, 0.05) is 5.69 Å². The number of ether oxygens (including phenoxy) is 1. The van der Waals surface area contributed by atoms with E-state index in [1.54, 1.807) is 42.5 Å². The van der Waals surface area contributed by atoms with E-state index < -0.39 is 11.8 Å². The second kappa shape index (κ2) is 7.58. The van der Waals surface area contributed by atoms with Gasteiger partial charge < -0.3 is 10.1 Å². The SMILES string of the molecule is CCOc1ccc(N2C(=O)C(Cl)=C(Nc3ccc(Cl)c(Cl)c3)C2=O)cc1. The standard InChI is InChI=1S/C18H13Cl3N2O3/c1-2-26-12-6-4-11(5-7-12)23-17(24)15(21)16(18(23)25)22-10-3-8-13(19)14(20)9-10/h3-9,22H,2H2,1H3. The first kappa shape index (κ1) is 18.6. The van der Waals surface area contributed by atoms with E-state index in [1.165, 1.54) is 0 Å². The molecule has 5 nitrogen and oxygen atoms in total. The topological polar surface area (TPSA) is 58.6 Å². The van der Waals surface area contributed by atoms with Crippen LogP contribution in [-0.2, 0) is 9.59 Å². The van der Waals surface area contributed by atoms with Crippen LogP contribution in [0.4, 0.5) is 11.4 Å². The Balaban J connectivity index is 1.85. The van der Waals surface area contributed by atoms with Crippen LogP contribution in [0.1, 0.15) is 6.92 Å². The maximum Gasteiger partial charge on any atom is 0.283 e. The molecule has 1 aliphatic heterocycles. The van der Waals surface area contributed by atoms with Crippen LogP contribution in [0.2, 0.25) is 10.0 Å². The van der Waals surface area contributed by atoms with Gasteiger partial charge >= 0.3 is 0 Å². The number of carbonyl (C=O) groups is 2. The van der Waals surface area contributed by atoms with Crippen LogP contribution in [0.5, 0.6) is 5.75 Å². The van der Waals surface area contributed by atoms with E-state index in [-0.39, 0.29) is 10.7 Å². The number of carbonyl (C=O) groups excluding carboxylic acids is 2. The van der Waals surface area contributed by atoms with Crippen molar-refractivity contribution in [1.82, 2.24) is 0 Å². The van der Waals surface area contributed by atoms with Gasteiger partial charge in [-0.3, -0.25) is 9.59 Å². The molecule has 0 saturated heterocycles. The number of imide groups is 1. The summed E-state index contributed by atoms with van der Waals surface area (Å²) in [5, 5.41) is 3.33. The van der Waals surface area contributed by atoms with Gasteiger partial charge in [0.05, 0.1) is 22.3 Å². The molecule has 0 atom stereocenters. The van der Waals surface area contributed by atoms with Crippen molar-refractivity contribution in [2.75, 3.05) is 16.8 Å². The Bertz CT molecular complexity index is 910. The van der Waals surface area contributed by atoms with Crippen molar-refractivity contribution in [3.8, 4) is 5.75 Å². The number of halogens is 3. The van der Waals surface area contributed by atoms with Crippen LogP contribution in [0.25, 0.3) is 0 Å². The molecule has 0 saturated carbocycles. The molecule has 2 aromatic rings. The number of anilines is 2. The first-order chi connectivity index (χ1) is 12.4. The predicted octanol–water partition coefficient (Wildman–Crippen LogP) is 4.83. The number of nitrogens with one attached hydrogen (secondary N) is 1. The molecule has 8 heteroatoms. The Kier molecular flexibility index (Phi) is 5.41. The highest BCUT2D eigenvalue weighted by Crippen LogP contribution is 2.32.